The Bertz CT molecular complexity index is 808. The van der Waals surface area contributed by atoms with Crippen molar-refractivity contribution in [1.82, 2.24) is 4.57 Å². The normalized spacial score (nSPS) is 11.3. The summed E-state index contributed by atoms with van der Waals surface area (Å²) in [5.41, 5.74) is 1.85. The van der Waals surface area contributed by atoms with Gasteiger partial charge in [-0.2, -0.15) is 0 Å². The molecule has 0 radical (unpaired) electrons. The van der Waals surface area contributed by atoms with Crippen molar-refractivity contribution >= 4 is 10.9 Å². The van der Waals surface area contributed by atoms with Gasteiger partial charge in [-0.1, -0.05) is 12.1 Å². The summed E-state index contributed by atoms with van der Waals surface area (Å²) in [7, 11) is 0. The van der Waals surface area contributed by atoms with Crippen LogP contribution in [0.3, 0.4) is 0 Å². The second-order valence-electron chi connectivity index (χ2n) is 5.57. The Morgan fingerprint density at radius 3 is 2.68 bits per heavy atom. The zero-order valence-electron chi connectivity index (χ0n) is 12.6. The van der Waals surface area contributed by atoms with Crippen LogP contribution in [0.4, 0.5) is 4.39 Å². The molecule has 3 nitrogen and oxygen atoms in total. The molecule has 0 unspecified atom stereocenters. The van der Waals surface area contributed by atoms with Gasteiger partial charge in [0.2, 0.25) is 0 Å². The Morgan fingerprint density at radius 2 is 1.95 bits per heavy atom. The molecule has 0 saturated heterocycles. The van der Waals surface area contributed by atoms with E-state index in [4.69, 9.17) is 4.74 Å². The fourth-order valence-electron chi connectivity index (χ4n) is 2.63. The molecule has 0 fully saturated rings. The van der Waals surface area contributed by atoms with Gasteiger partial charge in [-0.15, -0.1) is 0 Å². The van der Waals surface area contributed by atoms with Gasteiger partial charge in [0.1, 0.15) is 23.9 Å². The van der Waals surface area contributed by atoms with Crippen molar-refractivity contribution < 1.29 is 14.2 Å². The molecule has 2 aromatic carbocycles. The van der Waals surface area contributed by atoms with Crippen LogP contribution in [0.2, 0.25) is 0 Å². The third-order valence-electron chi connectivity index (χ3n) is 3.66. The number of fused-ring (bicyclic) bond motifs is 1. The molecule has 0 atom stereocenters. The number of benzene rings is 2. The molecule has 1 heterocycles. The lowest BCUT2D eigenvalue weighted by atomic mass is 10.1. The first-order chi connectivity index (χ1) is 10.6. The first kappa shape index (κ1) is 14.4. The number of aromatic nitrogens is 1. The third kappa shape index (κ3) is 2.64. The van der Waals surface area contributed by atoms with Crippen LogP contribution in [0, 0.1) is 5.82 Å². The quantitative estimate of drug-likeness (QED) is 0.761. The molecule has 114 valence electrons. The molecular weight excluding hydrogens is 281 g/mol. The van der Waals surface area contributed by atoms with E-state index in [1.807, 2.05) is 18.3 Å². The number of hydrogen-bond acceptors (Lipinski definition) is 2. The summed E-state index contributed by atoms with van der Waals surface area (Å²) in [6.45, 7) is 4.44. The summed E-state index contributed by atoms with van der Waals surface area (Å²) in [6.07, 6.45) is 1.98. The summed E-state index contributed by atoms with van der Waals surface area (Å²) < 4.78 is 21.0. The van der Waals surface area contributed by atoms with Crippen molar-refractivity contribution in [3.63, 3.8) is 0 Å². The number of nitrogens with zero attached hydrogens (tertiary/aromatic N) is 1. The Morgan fingerprint density at radius 1 is 1.18 bits per heavy atom. The van der Waals surface area contributed by atoms with Crippen LogP contribution >= 0.6 is 0 Å². The average Bonchev–Trinajstić information content (AvgIpc) is 2.86. The first-order valence-corrected chi connectivity index (χ1v) is 7.26. The van der Waals surface area contributed by atoms with Crippen molar-refractivity contribution in [1.29, 1.82) is 0 Å². The van der Waals surface area contributed by atoms with Gasteiger partial charge in [0.05, 0.1) is 5.52 Å². The Kier molecular flexibility index (Phi) is 3.75. The van der Waals surface area contributed by atoms with Crippen LogP contribution in [0.5, 0.6) is 11.5 Å². The van der Waals surface area contributed by atoms with Gasteiger partial charge in [0.25, 0.3) is 0 Å². The highest BCUT2D eigenvalue weighted by atomic mass is 19.1. The maximum atomic E-state index is 13.2. The average molecular weight is 299 g/mol. The standard InChI is InChI=1S/C18H18FNO2/c1-12(2)20-10-13(18-16(20)7-4-8-17(18)21)11-22-15-6-3-5-14(19)9-15/h3-10,12,21H,11H2,1-2H3. The molecule has 1 aromatic heterocycles. The monoisotopic (exact) mass is 299 g/mol. The van der Waals surface area contributed by atoms with Crippen LogP contribution in [0.25, 0.3) is 10.9 Å². The molecule has 3 aromatic rings. The highest BCUT2D eigenvalue weighted by Crippen LogP contribution is 2.32. The molecule has 0 spiro atoms. The molecule has 3 rings (SSSR count). The zero-order valence-corrected chi connectivity index (χ0v) is 12.6. The number of phenols is 1. The van der Waals surface area contributed by atoms with Gasteiger partial charge in [0.15, 0.2) is 0 Å². The Hall–Kier alpha value is -2.49. The summed E-state index contributed by atoms with van der Waals surface area (Å²) in [4.78, 5) is 0. The van der Waals surface area contributed by atoms with Gasteiger partial charge in [0, 0.05) is 29.3 Å². The van der Waals surface area contributed by atoms with Crippen molar-refractivity contribution in [2.24, 2.45) is 0 Å². The number of phenolic OH excluding ortho intramolecular Hbond substituents is 1. The molecule has 0 aliphatic carbocycles. The van der Waals surface area contributed by atoms with E-state index in [1.165, 1.54) is 12.1 Å². The molecule has 0 bridgehead atoms. The van der Waals surface area contributed by atoms with Crippen LogP contribution < -0.4 is 4.74 Å². The minimum Gasteiger partial charge on any atom is -0.507 e. The van der Waals surface area contributed by atoms with E-state index in [2.05, 4.69) is 18.4 Å². The van der Waals surface area contributed by atoms with Crippen molar-refractivity contribution in [2.75, 3.05) is 0 Å². The van der Waals surface area contributed by atoms with Crippen molar-refractivity contribution in [3.8, 4) is 11.5 Å². The zero-order chi connectivity index (χ0) is 15.7. The van der Waals surface area contributed by atoms with E-state index >= 15 is 0 Å². The topological polar surface area (TPSA) is 34.4 Å². The largest absolute Gasteiger partial charge is 0.507 e. The van der Waals surface area contributed by atoms with E-state index < -0.39 is 0 Å². The number of hydrogen-bond donors (Lipinski definition) is 1. The molecule has 1 N–H and O–H groups in total. The predicted molar refractivity (Wildman–Crippen MR) is 84.7 cm³/mol. The minimum absolute atomic E-state index is 0.231. The maximum absolute atomic E-state index is 13.2. The second kappa shape index (κ2) is 5.72. The molecular formula is C18H18FNO2. The summed E-state index contributed by atoms with van der Waals surface area (Å²) in [5, 5.41) is 10.9. The van der Waals surface area contributed by atoms with Gasteiger partial charge < -0.3 is 14.4 Å². The molecule has 0 aliphatic rings. The number of halogens is 1. The van der Waals surface area contributed by atoms with E-state index in [1.54, 1.807) is 18.2 Å². The lowest BCUT2D eigenvalue weighted by Gasteiger charge is -2.08. The van der Waals surface area contributed by atoms with Gasteiger partial charge in [-0.3, -0.25) is 0 Å². The van der Waals surface area contributed by atoms with E-state index in [-0.39, 0.29) is 24.2 Å². The fraction of sp³-hybridized carbons (Fsp3) is 0.222. The summed E-state index contributed by atoms with van der Waals surface area (Å²) in [5.74, 6) is 0.376. The van der Waals surface area contributed by atoms with Crippen LogP contribution in [-0.4, -0.2) is 9.67 Å². The minimum atomic E-state index is -0.329. The molecule has 22 heavy (non-hydrogen) atoms. The molecule has 0 aliphatic heterocycles. The van der Waals surface area contributed by atoms with Gasteiger partial charge in [-0.25, -0.2) is 4.39 Å². The fourth-order valence-corrected chi connectivity index (χ4v) is 2.63. The lowest BCUT2D eigenvalue weighted by molar-refractivity contribution is 0.305. The summed E-state index contributed by atoms with van der Waals surface area (Å²) in [6, 6.07) is 11.8. The van der Waals surface area contributed by atoms with Crippen molar-refractivity contribution in [2.45, 2.75) is 26.5 Å². The van der Waals surface area contributed by atoms with Crippen molar-refractivity contribution in [3.05, 3.63) is 60.0 Å². The van der Waals surface area contributed by atoms with Crippen LogP contribution in [0.1, 0.15) is 25.5 Å². The predicted octanol–water partition coefficient (Wildman–Crippen LogP) is 4.65. The Labute approximate surface area is 128 Å². The number of rotatable bonds is 4. The van der Waals surface area contributed by atoms with Gasteiger partial charge >= 0.3 is 0 Å². The Balaban J connectivity index is 1.96. The SMILES string of the molecule is CC(C)n1cc(COc2cccc(F)c2)c2c(O)cccc21. The second-order valence-corrected chi connectivity index (χ2v) is 5.57. The highest BCUT2D eigenvalue weighted by molar-refractivity contribution is 5.89. The van der Waals surface area contributed by atoms with E-state index in [0.29, 0.717) is 5.75 Å². The highest BCUT2D eigenvalue weighted by Gasteiger charge is 2.14. The van der Waals surface area contributed by atoms with Gasteiger partial charge in [-0.05, 0) is 38.1 Å². The van der Waals surface area contributed by atoms with Crippen LogP contribution in [0.15, 0.2) is 48.7 Å². The van der Waals surface area contributed by atoms with Crippen LogP contribution in [-0.2, 0) is 6.61 Å². The smallest absolute Gasteiger partial charge is 0.126 e. The number of aromatic hydroxyl groups is 1. The third-order valence-corrected chi connectivity index (χ3v) is 3.66. The van der Waals surface area contributed by atoms with E-state index in [9.17, 15) is 9.50 Å². The molecule has 0 saturated carbocycles. The molecule has 0 amide bonds. The maximum Gasteiger partial charge on any atom is 0.126 e. The molecule has 4 heteroatoms. The first-order valence-electron chi connectivity index (χ1n) is 7.26. The number of ether oxygens (including phenoxy) is 1. The lowest BCUT2D eigenvalue weighted by Crippen LogP contribution is -1.98. The summed E-state index contributed by atoms with van der Waals surface area (Å²) >= 11 is 0. The van der Waals surface area contributed by atoms with E-state index in [0.717, 1.165) is 16.5 Å².